The molecule has 0 unspecified atom stereocenters. The molecule has 1 N–H and O–H groups in total. The Hall–Kier alpha value is -3.43. The molecule has 3 atom stereocenters. The Bertz CT molecular complexity index is 859. The summed E-state index contributed by atoms with van der Waals surface area (Å²) in [6.07, 6.45) is -3.47. The zero-order chi connectivity index (χ0) is 23.3. The van der Waals surface area contributed by atoms with E-state index in [1.54, 1.807) is 24.3 Å². The molecule has 0 spiro atoms. The van der Waals surface area contributed by atoms with E-state index in [1.807, 2.05) is 36.4 Å². The minimum absolute atomic E-state index is 0.0131. The highest BCUT2D eigenvalue weighted by atomic mass is 16.6. The number of hydrogen-bond acceptors (Lipinski definition) is 8. The fourth-order valence-electron chi connectivity index (χ4n) is 2.90. The van der Waals surface area contributed by atoms with Crippen LogP contribution in [0.25, 0.3) is 0 Å². The number of rotatable bonds is 11. The summed E-state index contributed by atoms with van der Waals surface area (Å²) in [5.74, 6) is -1.62. The highest BCUT2D eigenvalue weighted by molar-refractivity contribution is 5.84. The molecular formula is C23H27NO8. The zero-order valence-electron chi connectivity index (χ0n) is 18.2. The van der Waals surface area contributed by atoms with Crippen molar-refractivity contribution < 1.29 is 38.1 Å². The molecule has 0 fully saturated rings. The number of alkyl carbamates (subject to hydrolysis) is 1. The van der Waals surface area contributed by atoms with E-state index in [0.717, 1.165) is 18.2 Å². The van der Waals surface area contributed by atoms with E-state index in [9.17, 15) is 14.4 Å². The van der Waals surface area contributed by atoms with Crippen molar-refractivity contribution in [3.05, 3.63) is 71.8 Å². The minimum atomic E-state index is -1.41. The lowest BCUT2D eigenvalue weighted by molar-refractivity contribution is -0.170. The van der Waals surface area contributed by atoms with Gasteiger partial charge in [0.05, 0.1) is 20.8 Å². The Morgan fingerprint density at radius 2 is 1.31 bits per heavy atom. The van der Waals surface area contributed by atoms with Gasteiger partial charge in [-0.1, -0.05) is 60.7 Å². The molecule has 0 heterocycles. The van der Waals surface area contributed by atoms with Gasteiger partial charge in [0.2, 0.25) is 0 Å². The monoisotopic (exact) mass is 445 g/mol. The van der Waals surface area contributed by atoms with E-state index in [0.29, 0.717) is 0 Å². The SMILES string of the molecule is COC(=O)[C@@H](NC(=O)OCc1ccccc1)[C@H](OCc1ccccc1)[C@H](OC)C(=O)OC. The van der Waals surface area contributed by atoms with Crippen molar-refractivity contribution in [3.8, 4) is 0 Å². The molecule has 1 amide bonds. The lowest BCUT2D eigenvalue weighted by Crippen LogP contribution is -2.57. The second-order valence-electron chi connectivity index (χ2n) is 6.65. The summed E-state index contributed by atoms with van der Waals surface area (Å²) in [6, 6.07) is 16.7. The fraction of sp³-hybridized carbons (Fsp3) is 0.348. The smallest absolute Gasteiger partial charge is 0.408 e. The maximum atomic E-state index is 12.5. The summed E-state index contributed by atoms with van der Waals surface area (Å²) in [6.45, 7) is 0.0252. The van der Waals surface area contributed by atoms with Crippen LogP contribution in [0.1, 0.15) is 11.1 Å². The zero-order valence-corrected chi connectivity index (χ0v) is 18.2. The molecular weight excluding hydrogens is 418 g/mol. The molecule has 2 aromatic carbocycles. The van der Waals surface area contributed by atoms with Crippen molar-refractivity contribution in [2.45, 2.75) is 31.5 Å². The van der Waals surface area contributed by atoms with Gasteiger partial charge in [-0.05, 0) is 11.1 Å². The third kappa shape index (κ3) is 7.36. The number of esters is 2. The molecule has 2 aromatic rings. The Kier molecular flexibility index (Phi) is 10.2. The van der Waals surface area contributed by atoms with E-state index >= 15 is 0 Å². The van der Waals surface area contributed by atoms with Gasteiger partial charge >= 0.3 is 18.0 Å². The molecule has 32 heavy (non-hydrogen) atoms. The average molecular weight is 445 g/mol. The number of amides is 1. The molecule has 0 radical (unpaired) electrons. The number of benzene rings is 2. The highest BCUT2D eigenvalue weighted by Gasteiger charge is 2.42. The van der Waals surface area contributed by atoms with E-state index in [2.05, 4.69) is 5.32 Å². The van der Waals surface area contributed by atoms with Crippen LogP contribution < -0.4 is 5.32 Å². The van der Waals surface area contributed by atoms with Gasteiger partial charge in [-0.25, -0.2) is 14.4 Å². The Morgan fingerprint density at radius 1 is 0.781 bits per heavy atom. The maximum absolute atomic E-state index is 12.5. The molecule has 0 saturated heterocycles. The topological polar surface area (TPSA) is 109 Å². The van der Waals surface area contributed by atoms with Crippen LogP contribution in [0.15, 0.2) is 60.7 Å². The summed E-state index contributed by atoms with van der Waals surface area (Å²) in [7, 11) is 3.60. The summed E-state index contributed by atoms with van der Waals surface area (Å²) in [5, 5.41) is 2.42. The first kappa shape index (κ1) is 24.8. The van der Waals surface area contributed by atoms with E-state index in [-0.39, 0.29) is 13.2 Å². The number of carbonyl (C=O) groups excluding carboxylic acids is 3. The third-order valence-electron chi connectivity index (χ3n) is 4.54. The summed E-state index contributed by atoms with van der Waals surface area (Å²) >= 11 is 0. The lowest BCUT2D eigenvalue weighted by atomic mass is 10.0. The molecule has 172 valence electrons. The standard InChI is InChI=1S/C23H27NO8/c1-28-20(22(26)30-3)19(31-14-16-10-6-4-7-11-16)18(21(25)29-2)24-23(27)32-15-17-12-8-5-9-13-17/h4-13,18-20H,14-15H2,1-3H3,(H,24,27)/t18-,19-,20-/m0/s1. The van der Waals surface area contributed by atoms with Crippen LogP contribution in [0.3, 0.4) is 0 Å². The molecule has 9 heteroatoms. The van der Waals surface area contributed by atoms with E-state index < -0.39 is 36.3 Å². The minimum Gasteiger partial charge on any atom is -0.467 e. The largest absolute Gasteiger partial charge is 0.467 e. The van der Waals surface area contributed by atoms with Crippen LogP contribution >= 0.6 is 0 Å². The molecule has 0 aliphatic heterocycles. The van der Waals surface area contributed by atoms with Gasteiger partial charge in [-0.3, -0.25) is 0 Å². The summed E-state index contributed by atoms with van der Waals surface area (Å²) in [5.41, 5.74) is 1.55. The molecule has 9 nitrogen and oxygen atoms in total. The Balaban J connectivity index is 2.20. The molecule has 2 rings (SSSR count). The quantitative estimate of drug-likeness (QED) is 0.414. The molecule has 0 bridgehead atoms. The normalized spacial score (nSPS) is 13.3. The first-order chi connectivity index (χ1) is 15.5. The van der Waals surface area contributed by atoms with Crippen molar-refractivity contribution in [3.63, 3.8) is 0 Å². The predicted octanol–water partition coefficient (Wildman–Crippen LogP) is 2.23. The van der Waals surface area contributed by atoms with Gasteiger partial charge in [0.1, 0.15) is 12.7 Å². The number of methoxy groups -OCH3 is 3. The van der Waals surface area contributed by atoms with Crippen LogP contribution in [-0.2, 0) is 46.5 Å². The number of ether oxygens (including phenoxy) is 5. The van der Waals surface area contributed by atoms with E-state index in [4.69, 9.17) is 23.7 Å². The van der Waals surface area contributed by atoms with Crippen LogP contribution in [0, 0.1) is 0 Å². The van der Waals surface area contributed by atoms with Gasteiger partial charge in [0.25, 0.3) is 0 Å². The number of carbonyl (C=O) groups is 3. The fourth-order valence-corrected chi connectivity index (χ4v) is 2.90. The highest BCUT2D eigenvalue weighted by Crippen LogP contribution is 2.16. The van der Waals surface area contributed by atoms with Gasteiger partial charge in [-0.2, -0.15) is 0 Å². The first-order valence-electron chi connectivity index (χ1n) is 9.81. The second kappa shape index (κ2) is 13.1. The first-order valence-corrected chi connectivity index (χ1v) is 9.81. The number of hydrogen-bond donors (Lipinski definition) is 1. The van der Waals surface area contributed by atoms with Crippen LogP contribution in [0.5, 0.6) is 0 Å². The van der Waals surface area contributed by atoms with Crippen molar-refractivity contribution in [2.75, 3.05) is 21.3 Å². The Labute approximate surface area is 186 Å². The Morgan fingerprint density at radius 3 is 1.81 bits per heavy atom. The molecule has 0 aliphatic carbocycles. The van der Waals surface area contributed by atoms with Gasteiger partial charge < -0.3 is 29.0 Å². The van der Waals surface area contributed by atoms with E-state index in [1.165, 1.54) is 14.2 Å². The maximum Gasteiger partial charge on any atom is 0.408 e. The predicted molar refractivity (Wildman–Crippen MR) is 113 cm³/mol. The molecule has 0 aliphatic rings. The summed E-state index contributed by atoms with van der Waals surface area (Å²) in [4.78, 5) is 37.2. The van der Waals surface area contributed by atoms with Gasteiger partial charge in [0.15, 0.2) is 12.1 Å². The second-order valence-corrected chi connectivity index (χ2v) is 6.65. The number of nitrogens with one attached hydrogen (secondary N) is 1. The van der Waals surface area contributed by atoms with Gasteiger partial charge in [0, 0.05) is 7.11 Å². The molecule has 0 saturated carbocycles. The lowest BCUT2D eigenvalue weighted by Gasteiger charge is -2.30. The van der Waals surface area contributed by atoms with Crippen LogP contribution in [-0.4, -0.2) is 57.6 Å². The third-order valence-corrected chi connectivity index (χ3v) is 4.54. The molecule has 0 aromatic heterocycles. The van der Waals surface area contributed by atoms with Crippen LogP contribution in [0.4, 0.5) is 4.79 Å². The van der Waals surface area contributed by atoms with Crippen molar-refractivity contribution in [1.82, 2.24) is 5.32 Å². The summed E-state index contributed by atoms with van der Waals surface area (Å²) < 4.78 is 25.9. The van der Waals surface area contributed by atoms with Crippen molar-refractivity contribution >= 4 is 18.0 Å². The van der Waals surface area contributed by atoms with Crippen molar-refractivity contribution in [1.29, 1.82) is 0 Å². The van der Waals surface area contributed by atoms with Crippen LogP contribution in [0.2, 0.25) is 0 Å². The van der Waals surface area contributed by atoms with Gasteiger partial charge in [-0.15, -0.1) is 0 Å². The average Bonchev–Trinajstić information content (AvgIpc) is 2.84. The van der Waals surface area contributed by atoms with Crippen molar-refractivity contribution in [2.24, 2.45) is 0 Å².